The molecule has 0 bridgehead atoms. The van der Waals surface area contributed by atoms with Crippen molar-refractivity contribution in [2.75, 3.05) is 12.9 Å². The number of nitrogens with one attached hydrogen (secondary N) is 2. The molecule has 0 radical (unpaired) electrons. The van der Waals surface area contributed by atoms with Crippen LogP contribution in [0.1, 0.15) is 71.3 Å². The molecule has 9 nitrogen and oxygen atoms in total. The van der Waals surface area contributed by atoms with Crippen LogP contribution in [0.15, 0.2) is 18.2 Å². The summed E-state index contributed by atoms with van der Waals surface area (Å²) in [6, 6.07) is 3.08. The number of rotatable bonds is 20. The van der Waals surface area contributed by atoms with E-state index in [0.29, 0.717) is 37.8 Å². The number of hydrogen-bond acceptors (Lipinski definition) is 7. The number of carbonyl (C=O) groups is 4. The van der Waals surface area contributed by atoms with Gasteiger partial charge in [0.15, 0.2) is 11.5 Å². The quantitative estimate of drug-likeness (QED) is 0.145. The van der Waals surface area contributed by atoms with E-state index in [0.717, 1.165) is 31.2 Å². The first-order valence-electron chi connectivity index (χ1n) is 12.9. The van der Waals surface area contributed by atoms with Gasteiger partial charge in [0.25, 0.3) is 0 Å². The fraction of sp³-hybridized carbons (Fsp3) is 0.630. The van der Waals surface area contributed by atoms with Crippen molar-refractivity contribution in [1.29, 1.82) is 0 Å². The first-order chi connectivity index (χ1) is 17.7. The van der Waals surface area contributed by atoms with Crippen molar-refractivity contribution in [3.05, 3.63) is 23.8 Å². The molecule has 0 aliphatic carbocycles. The third-order valence-corrected chi connectivity index (χ3v) is 7.78. The van der Waals surface area contributed by atoms with Gasteiger partial charge in [-0.3, -0.25) is 14.4 Å². The number of carboxylic acid groups (broad SMARTS) is 1. The summed E-state index contributed by atoms with van der Waals surface area (Å²) < 4.78 is 5.13. The molecular formula is C27H42N2O7S. The maximum absolute atomic E-state index is 12.8. The highest BCUT2D eigenvalue weighted by Crippen LogP contribution is 2.27. The maximum Gasteiger partial charge on any atom is 0.326 e. The minimum atomic E-state index is -1.12. The van der Waals surface area contributed by atoms with Crippen molar-refractivity contribution in [2.45, 2.75) is 89.5 Å². The van der Waals surface area contributed by atoms with E-state index in [4.69, 9.17) is 4.74 Å². The number of ketones is 1. The molecule has 1 rings (SSSR count). The van der Waals surface area contributed by atoms with Crippen molar-refractivity contribution < 1.29 is 34.1 Å². The Balaban J connectivity index is 2.78. The van der Waals surface area contributed by atoms with Crippen LogP contribution in [0.5, 0.6) is 11.5 Å². The number of thioether (sulfide) groups is 1. The summed E-state index contributed by atoms with van der Waals surface area (Å²) in [6.45, 7) is 5.70. The van der Waals surface area contributed by atoms with Gasteiger partial charge >= 0.3 is 5.97 Å². The van der Waals surface area contributed by atoms with Gasteiger partial charge in [-0.15, -0.1) is 0 Å². The average Bonchev–Trinajstić information content (AvgIpc) is 2.88. The van der Waals surface area contributed by atoms with Crippen LogP contribution in [0.4, 0.5) is 0 Å². The number of ether oxygens (including phenoxy) is 1. The fourth-order valence-electron chi connectivity index (χ4n) is 3.83. The highest BCUT2D eigenvalue weighted by molar-refractivity contribution is 8.00. The molecule has 2 amide bonds. The van der Waals surface area contributed by atoms with Crippen LogP contribution in [0.3, 0.4) is 0 Å². The number of methoxy groups -OCH3 is 1. The number of carboxylic acids is 1. The van der Waals surface area contributed by atoms with Gasteiger partial charge in [0.2, 0.25) is 12.3 Å². The van der Waals surface area contributed by atoms with Crippen molar-refractivity contribution in [3.63, 3.8) is 0 Å². The SMILES string of the molecule is CCCCCC(CC(=O)CCc1ccc(O)c(OC)c1)SCC(NC=O)C(=O)NC(C(=O)O)C(C)CC. The minimum Gasteiger partial charge on any atom is -0.504 e. The fourth-order valence-corrected chi connectivity index (χ4v) is 5.18. The zero-order valence-corrected chi connectivity index (χ0v) is 23.1. The lowest BCUT2D eigenvalue weighted by Crippen LogP contribution is -2.53. The van der Waals surface area contributed by atoms with E-state index in [-0.39, 0.29) is 28.5 Å². The standard InChI is InChI=1S/C27H42N2O7S/c1-5-7-8-9-21(15-20(31)12-10-19-11-13-23(32)24(14-19)36-4)37-16-22(28-17-30)26(33)29-25(27(34)35)18(3)6-2/h11,13-14,17-18,21-22,25,32H,5-10,12,15-16H2,1-4H3,(H,28,30)(H,29,33)(H,34,35). The maximum atomic E-state index is 12.8. The Morgan fingerprint density at radius 3 is 2.51 bits per heavy atom. The molecule has 4 N–H and O–H groups in total. The molecule has 1 aromatic carbocycles. The second-order valence-corrected chi connectivity index (χ2v) is 10.6. The Hall–Kier alpha value is -2.75. The Morgan fingerprint density at radius 1 is 1.19 bits per heavy atom. The second kappa shape index (κ2) is 17.7. The molecule has 0 saturated heterocycles. The lowest BCUT2D eigenvalue weighted by atomic mass is 9.99. The minimum absolute atomic E-state index is 0.0259. The van der Waals surface area contributed by atoms with E-state index in [1.54, 1.807) is 25.1 Å². The average molecular weight is 539 g/mol. The van der Waals surface area contributed by atoms with E-state index in [1.165, 1.54) is 18.9 Å². The van der Waals surface area contributed by atoms with Crippen molar-refractivity contribution >= 4 is 35.8 Å². The molecule has 0 fully saturated rings. The number of unbranched alkanes of at least 4 members (excludes halogenated alkanes) is 2. The smallest absolute Gasteiger partial charge is 0.326 e. The summed E-state index contributed by atoms with van der Waals surface area (Å²) in [7, 11) is 1.47. The Bertz CT molecular complexity index is 880. The molecular weight excluding hydrogens is 496 g/mol. The number of aromatic hydroxyl groups is 1. The number of hydrogen-bond donors (Lipinski definition) is 4. The number of aliphatic carboxylic acids is 1. The molecule has 0 aliphatic heterocycles. The lowest BCUT2D eigenvalue weighted by molar-refractivity contribution is -0.143. The molecule has 0 heterocycles. The van der Waals surface area contributed by atoms with Gasteiger partial charge in [-0.2, -0.15) is 11.8 Å². The number of phenols is 1. The highest BCUT2D eigenvalue weighted by Gasteiger charge is 2.29. The molecule has 0 saturated carbocycles. The summed E-state index contributed by atoms with van der Waals surface area (Å²) in [6.07, 6.45) is 6.03. The topological polar surface area (TPSA) is 142 Å². The monoisotopic (exact) mass is 538 g/mol. The van der Waals surface area contributed by atoms with Crippen LogP contribution < -0.4 is 15.4 Å². The molecule has 0 aliphatic rings. The van der Waals surface area contributed by atoms with E-state index < -0.39 is 24.0 Å². The Morgan fingerprint density at radius 2 is 1.92 bits per heavy atom. The largest absolute Gasteiger partial charge is 0.504 e. The van der Waals surface area contributed by atoms with Crippen LogP contribution in [0.2, 0.25) is 0 Å². The van der Waals surface area contributed by atoms with E-state index in [1.807, 2.05) is 6.92 Å². The van der Waals surface area contributed by atoms with E-state index in [2.05, 4.69) is 17.6 Å². The Labute approximate surface area is 224 Å². The lowest BCUT2D eigenvalue weighted by Gasteiger charge is -2.24. The second-order valence-electron chi connectivity index (χ2n) is 9.25. The zero-order valence-electron chi connectivity index (χ0n) is 22.3. The van der Waals surface area contributed by atoms with Crippen LogP contribution in [-0.4, -0.2) is 64.5 Å². The van der Waals surface area contributed by atoms with Gasteiger partial charge in [-0.05, 0) is 36.5 Å². The normalized spacial score (nSPS) is 14.2. The Kier molecular flexibility index (Phi) is 15.4. The van der Waals surface area contributed by atoms with Crippen LogP contribution in [-0.2, 0) is 25.6 Å². The van der Waals surface area contributed by atoms with Gasteiger partial charge in [0, 0.05) is 23.8 Å². The first kappa shape index (κ1) is 32.3. The molecule has 0 aromatic heterocycles. The molecule has 10 heteroatoms. The molecule has 0 spiro atoms. The van der Waals surface area contributed by atoms with E-state index in [9.17, 15) is 29.4 Å². The number of amides is 2. The summed E-state index contributed by atoms with van der Waals surface area (Å²) in [5.74, 6) is -1.19. The van der Waals surface area contributed by atoms with Gasteiger partial charge < -0.3 is 25.6 Å². The van der Waals surface area contributed by atoms with Gasteiger partial charge in [0.05, 0.1) is 7.11 Å². The zero-order chi connectivity index (χ0) is 27.8. The summed E-state index contributed by atoms with van der Waals surface area (Å²) in [4.78, 5) is 48.4. The molecule has 37 heavy (non-hydrogen) atoms. The first-order valence-corrected chi connectivity index (χ1v) is 13.9. The number of Topliss-reactive ketones (excluding diaryl/α,β-unsaturated/α-hetero) is 1. The highest BCUT2D eigenvalue weighted by atomic mass is 32.2. The van der Waals surface area contributed by atoms with Crippen LogP contribution in [0.25, 0.3) is 0 Å². The number of aryl methyl sites for hydroxylation is 1. The summed E-state index contributed by atoms with van der Waals surface area (Å²) in [5, 5.41) is 24.3. The number of benzene rings is 1. The third-order valence-electron chi connectivity index (χ3n) is 6.38. The predicted molar refractivity (Wildman–Crippen MR) is 145 cm³/mol. The summed E-state index contributed by atoms with van der Waals surface area (Å²) in [5.41, 5.74) is 0.888. The predicted octanol–water partition coefficient (Wildman–Crippen LogP) is 3.70. The van der Waals surface area contributed by atoms with Gasteiger partial charge in [-0.1, -0.05) is 52.5 Å². The third kappa shape index (κ3) is 11.9. The number of carbonyl (C=O) groups excluding carboxylic acids is 3. The molecule has 4 atom stereocenters. The molecule has 208 valence electrons. The van der Waals surface area contributed by atoms with Crippen LogP contribution in [0, 0.1) is 5.92 Å². The van der Waals surface area contributed by atoms with Gasteiger partial charge in [-0.25, -0.2) is 4.79 Å². The van der Waals surface area contributed by atoms with Crippen molar-refractivity contribution in [3.8, 4) is 11.5 Å². The van der Waals surface area contributed by atoms with Crippen molar-refractivity contribution in [2.24, 2.45) is 5.92 Å². The van der Waals surface area contributed by atoms with Crippen molar-refractivity contribution in [1.82, 2.24) is 10.6 Å². The molecule has 4 unspecified atom stereocenters. The molecule has 1 aromatic rings. The summed E-state index contributed by atoms with van der Waals surface area (Å²) >= 11 is 1.45. The van der Waals surface area contributed by atoms with E-state index >= 15 is 0 Å². The number of phenolic OH excluding ortho intramolecular Hbond substituents is 1. The van der Waals surface area contributed by atoms with Gasteiger partial charge in [0.1, 0.15) is 17.9 Å². The van der Waals surface area contributed by atoms with Crippen LogP contribution >= 0.6 is 11.8 Å².